The molecule has 35 heavy (non-hydrogen) atoms. The summed E-state index contributed by atoms with van der Waals surface area (Å²) in [6, 6.07) is 25.1. The second kappa shape index (κ2) is 10.3. The standard InChI is InChI=1S/C27H24N4O4/c1-33-14-15-34-21-12-7-11-20(16-21)26-30-31-27(35-26)29-25-23(32)17-19-10-5-6-13-22(19)24(28-25)18-8-3-2-4-9-18/h2-13,16,25H,14-15,17H2,1H3,(H,29,31). The SMILES string of the molecule is COCCOc1cccc(-c2nnc(NC3N=C(c4ccccc4)c4ccccc4CC3=O)o2)c1. The zero-order chi connectivity index (χ0) is 24.0. The third-order valence-corrected chi connectivity index (χ3v) is 5.57. The third-order valence-electron chi connectivity index (χ3n) is 5.57. The molecule has 0 radical (unpaired) electrons. The number of ketones is 1. The molecule has 1 aliphatic rings. The summed E-state index contributed by atoms with van der Waals surface area (Å²) in [5.41, 5.74) is 4.24. The van der Waals surface area contributed by atoms with Gasteiger partial charge in [0.25, 0.3) is 0 Å². The summed E-state index contributed by atoms with van der Waals surface area (Å²) < 4.78 is 16.5. The van der Waals surface area contributed by atoms with E-state index in [-0.39, 0.29) is 18.2 Å². The summed E-state index contributed by atoms with van der Waals surface area (Å²) >= 11 is 0. The van der Waals surface area contributed by atoms with Crippen LogP contribution >= 0.6 is 0 Å². The number of fused-ring (bicyclic) bond motifs is 1. The first-order valence-electron chi connectivity index (χ1n) is 11.3. The highest BCUT2D eigenvalue weighted by molar-refractivity contribution is 6.16. The van der Waals surface area contributed by atoms with Crippen molar-refractivity contribution < 1.29 is 18.7 Å². The summed E-state index contributed by atoms with van der Waals surface area (Å²) in [6.45, 7) is 0.925. The Bertz CT molecular complexity index is 1350. The molecule has 0 saturated heterocycles. The fourth-order valence-electron chi connectivity index (χ4n) is 3.88. The number of nitrogens with one attached hydrogen (secondary N) is 1. The quantitative estimate of drug-likeness (QED) is 0.388. The van der Waals surface area contributed by atoms with Crippen LogP contribution in [0.4, 0.5) is 6.01 Å². The van der Waals surface area contributed by atoms with Gasteiger partial charge in [-0.1, -0.05) is 65.8 Å². The number of ether oxygens (including phenoxy) is 2. The molecule has 0 saturated carbocycles. The Kier molecular flexibility index (Phi) is 6.63. The molecule has 5 rings (SSSR count). The minimum atomic E-state index is -0.866. The van der Waals surface area contributed by atoms with Gasteiger partial charge in [-0.2, -0.15) is 0 Å². The number of carbonyl (C=O) groups excluding carboxylic acids is 1. The van der Waals surface area contributed by atoms with Crippen molar-refractivity contribution in [3.63, 3.8) is 0 Å². The Morgan fingerprint density at radius 2 is 1.74 bits per heavy atom. The Labute approximate surface area is 202 Å². The maximum atomic E-state index is 13.1. The highest BCUT2D eigenvalue weighted by atomic mass is 16.5. The Morgan fingerprint density at radius 3 is 2.60 bits per heavy atom. The molecule has 1 atom stereocenters. The molecule has 0 spiro atoms. The van der Waals surface area contributed by atoms with Crippen LogP contribution in [0.5, 0.6) is 5.75 Å². The van der Waals surface area contributed by atoms with Crippen molar-refractivity contribution in [3.8, 4) is 17.2 Å². The van der Waals surface area contributed by atoms with Gasteiger partial charge in [0.05, 0.1) is 12.3 Å². The van der Waals surface area contributed by atoms with Gasteiger partial charge in [-0.15, -0.1) is 5.10 Å². The Hall–Kier alpha value is -4.30. The summed E-state index contributed by atoms with van der Waals surface area (Å²) in [7, 11) is 1.62. The van der Waals surface area contributed by atoms with E-state index in [0.29, 0.717) is 30.4 Å². The first-order chi connectivity index (χ1) is 17.2. The van der Waals surface area contributed by atoms with E-state index in [1.807, 2.05) is 78.9 Å². The normalized spacial score (nSPS) is 15.2. The number of nitrogens with zero attached hydrogens (tertiary/aromatic N) is 3. The smallest absolute Gasteiger partial charge is 0.317 e. The molecule has 8 heteroatoms. The lowest BCUT2D eigenvalue weighted by Crippen LogP contribution is -2.29. The van der Waals surface area contributed by atoms with Gasteiger partial charge in [0.2, 0.25) is 5.89 Å². The number of aliphatic imine (C=N–C) groups is 1. The molecule has 4 aromatic rings. The van der Waals surface area contributed by atoms with E-state index in [1.165, 1.54) is 0 Å². The van der Waals surface area contributed by atoms with Crippen LogP contribution in [0, 0.1) is 0 Å². The summed E-state index contributed by atoms with van der Waals surface area (Å²) in [5.74, 6) is 0.888. The lowest BCUT2D eigenvalue weighted by atomic mass is 9.96. The van der Waals surface area contributed by atoms with Crippen LogP contribution in [-0.2, 0) is 16.0 Å². The molecule has 8 nitrogen and oxygen atoms in total. The van der Waals surface area contributed by atoms with Crippen molar-refractivity contribution in [1.82, 2.24) is 10.2 Å². The number of hydrogen-bond acceptors (Lipinski definition) is 8. The molecular weight excluding hydrogens is 444 g/mol. The first-order valence-corrected chi connectivity index (χ1v) is 11.3. The summed E-state index contributed by atoms with van der Waals surface area (Å²) in [4.78, 5) is 17.9. The van der Waals surface area contributed by atoms with Gasteiger partial charge in [0, 0.05) is 30.2 Å². The van der Waals surface area contributed by atoms with Crippen LogP contribution in [0.2, 0.25) is 0 Å². The zero-order valence-corrected chi connectivity index (χ0v) is 19.2. The number of anilines is 1. The lowest BCUT2D eigenvalue weighted by molar-refractivity contribution is -0.119. The van der Waals surface area contributed by atoms with Crippen LogP contribution in [0.25, 0.3) is 11.5 Å². The number of hydrogen-bond donors (Lipinski definition) is 1. The Morgan fingerprint density at radius 1 is 0.943 bits per heavy atom. The molecule has 1 aliphatic heterocycles. The molecule has 1 aromatic heterocycles. The zero-order valence-electron chi connectivity index (χ0n) is 19.2. The molecule has 0 amide bonds. The van der Waals surface area contributed by atoms with Gasteiger partial charge in [0.15, 0.2) is 11.9 Å². The number of carbonyl (C=O) groups is 1. The Balaban J connectivity index is 1.41. The molecule has 3 aromatic carbocycles. The first kappa shape index (κ1) is 22.5. The minimum absolute atomic E-state index is 0.0864. The second-order valence-corrected chi connectivity index (χ2v) is 7.97. The molecule has 176 valence electrons. The van der Waals surface area contributed by atoms with Crippen molar-refractivity contribution in [2.45, 2.75) is 12.6 Å². The largest absolute Gasteiger partial charge is 0.491 e. The van der Waals surface area contributed by atoms with Crippen molar-refractivity contribution in [3.05, 3.63) is 95.6 Å². The van der Waals surface area contributed by atoms with Crippen LogP contribution in [0.15, 0.2) is 88.3 Å². The van der Waals surface area contributed by atoms with E-state index in [2.05, 4.69) is 15.5 Å². The molecule has 0 fully saturated rings. The molecule has 1 unspecified atom stereocenters. The number of aromatic nitrogens is 2. The predicted octanol–water partition coefficient (Wildman–Crippen LogP) is 4.16. The van der Waals surface area contributed by atoms with Crippen molar-refractivity contribution in [2.75, 3.05) is 25.6 Å². The van der Waals surface area contributed by atoms with Gasteiger partial charge in [-0.3, -0.25) is 9.79 Å². The van der Waals surface area contributed by atoms with E-state index in [9.17, 15) is 4.79 Å². The van der Waals surface area contributed by atoms with Crippen LogP contribution < -0.4 is 10.1 Å². The van der Waals surface area contributed by atoms with Crippen molar-refractivity contribution in [1.29, 1.82) is 0 Å². The molecule has 1 N–H and O–H groups in total. The fraction of sp³-hybridized carbons (Fsp3) is 0.185. The van der Waals surface area contributed by atoms with Crippen LogP contribution in [0.3, 0.4) is 0 Å². The number of Topliss-reactive ketones (excluding diaryl/α,β-unsaturated/α-hetero) is 1. The van der Waals surface area contributed by atoms with Gasteiger partial charge in [0.1, 0.15) is 12.4 Å². The van der Waals surface area contributed by atoms with Crippen LogP contribution in [-0.4, -0.2) is 48.2 Å². The van der Waals surface area contributed by atoms with Crippen LogP contribution in [0.1, 0.15) is 16.7 Å². The molecule has 2 heterocycles. The number of rotatable bonds is 8. The summed E-state index contributed by atoms with van der Waals surface area (Å²) in [5, 5.41) is 11.3. The monoisotopic (exact) mass is 468 g/mol. The van der Waals surface area contributed by atoms with Gasteiger partial charge < -0.3 is 19.2 Å². The average Bonchev–Trinajstić information content (AvgIpc) is 3.31. The maximum Gasteiger partial charge on any atom is 0.317 e. The maximum absolute atomic E-state index is 13.1. The fourth-order valence-corrected chi connectivity index (χ4v) is 3.88. The highest BCUT2D eigenvalue weighted by Crippen LogP contribution is 2.26. The minimum Gasteiger partial charge on any atom is -0.491 e. The molecular formula is C27H24N4O4. The number of methoxy groups -OCH3 is 1. The lowest BCUT2D eigenvalue weighted by Gasteiger charge is -2.11. The van der Waals surface area contributed by atoms with E-state index in [1.54, 1.807) is 7.11 Å². The number of benzene rings is 3. The van der Waals surface area contributed by atoms with Gasteiger partial charge in [-0.05, 0) is 23.8 Å². The van der Waals surface area contributed by atoms with E-state index >= 15 is 0 Å². The highest BCUT2D eigenvalue weighted by Gasteiger charge is 2.27. The predicted molar refractivity (Wildman–Crippen MR) is 132 cm³/mol. The topological polar surface area (TPSA) is 98.8 Å². The van der Waals surface area contributed by atoms with E-state index < -0.39 is 6.17 Å². The second-order valence-electron chi connectivity index (χ2n) is 7.97. The van der Waals surface area contributed by atoms with Crippen molar-refractivity contribution in [2.24, 2.45) is 4.99 Å². The van der Waals surface area contributed by atoms with Gasteiger partial charge >= 0.3 is 6.01 Å². The summed E-state index contributed by atoms with van der Waals surface area (Å²) in [6.07, 6.45) is -0.621. The van der Waals surface area contributed by atoms with E-state index in [0.717, 1.165) is 22.4 Å². The van der Waals surface area contributed by atoms with E-state index in [4.69, 9.17) is 18.9 Å². The third kappa shape index (κ3) is 5.12. The van der Waals surface area contributed by atoms with Crippen molar-refractivity contribution >= 4 is 17.5 Å². The van der Waals surface area contributed by atoms with Gasteiger partial charge in [-0.25, -0.2) is 0 Å². The average molecular weight is 469 g/mol. The molecule has 0 bridgehead atoms. The molecule has 0 aliphatic carbocycles.